The minimum Gasteiger partial charge on any atom is -0.482 e. The van der Waals surface area contributed by atoms with E-state index < -0.39 is 0 Å². The van der Waals surface area contributed by atoms with Crippen LogP contribution in [0.25, 0.3) is 28.1 Å². The standard InChI is InChI=1S/C35H40N10O3/c1-19(40-35(47)39-17-29-37-11-4-12-38-29)26-9-7-22-13-28(43(33(22)41-26)18-21-5-6-21)32-20(2)44-30(42-32)14-23(15-31(44)48-3)34(46)45-24-8-10-27(45)25(36)16-24/h4,7,9,11-15,19,21,24-25,27H,5-6,8,10,16-18,36H2,1-3H3,(H2,39,40,47)/t19-,24+,25-,27-/m1/s1. The van der Waals surface area contributed by atoms with Crippen molar-refractivity contribution >= 4 is 28.6 Å². The third-order valence-corrected chi connectivity index (χ3v) is 10.2. The minimum absolute atomic E-state index is 0.0113. The van der Waals surface area contributed by atoms with Gasteiger partial charge in [-0.05, 0) is 82.2 Å². The zero-order valence-corrected chi connectivity index (χ0v) is 27.4. The summed E-state index contributed by atoms with van der Waals surface area (Å²) in [7, 11) is 1.62. The lowest BCUT2D eigenvalue weighted by Crippen LogP contribution is -2.40. The van der Waals surface area contributed by atoms with E-state index >= 15 is 0 Å². The van der Waals surface area contributed by atoms with Crippen LogP contribution in [-0.2, 0) is 13.1 Å². The Morgan fingerprint density at radius 2 is 1.90 bits per heavy atom. The van der Waals surface area contributed by atoms with Crippen molar-refractivity contribution < 1.29 is 14.3 Å². The zero-order chi connectivity index (χ0) is 33.1. The maximum absolute atomic E-state index is 13.8. The smallest absolute Gasteiger partial charge is 0.315 e. The average Bonchev–Trinajstić information content (AvgIpc) is 3.41. The second kappa shape index (κ2) is 11.9. The Balaban J connectivity index is 1.12. The van der Waals surface area contributed by atoms with E-state index in [2.05, 4.69) is 37.3 Å². The van der Waals surface area contributed by atoms with E-state index in [0.717, 1.165) is 59.6 Å². The molecule has 5 aromatic rings. The summed E-state index contributed by atoms with van der Waals surface area (Å²) in [5, 5.41) is 6.79. The molecule has 4 N–H and O–H groups in total. The number of methoxy groups -OCH3 is 1. The Hall–Kier alpha value is -5.04. The van der Waals surface area contributed by atoms with Gasteiger partial charge in [0, 0.05) is 54.1 Å². The maximum atomic E-state index is 13.8. The summed E-state index contributed by atoms with van der Waals surface area (Å²) in [5.41, 5.74) is 11.9. The van der Waals surface area contributed by atoms with E-state index in [1.54, 1.807) is 25.6 Å². The van der Waals surface area contributed by atoms with Crippen molar-refractivity contribution in [3.8, 4) is 17.3 Å². The first-order valence-corrected chi connectivity index (χ1v) is 16.7. The zero-order valence-electron chi connectivity index (χ0n) is 27.4. The lowest BCUT2D eigenvalue weighted by molar-refractivity contribution is 0.0726. The molecule has 248 valence electrons. The van der Waals surface area contributed by atoms with E-state index in [4.69, 9.17) is 20.4 Å². The SMILES string of the molecule is COc1cc(C(=O)N2[C@H]3CC[C@@H]2[C@H](N)C3)cc2nc(-c3cc4ccc([C@@H](C)NC(=O)NCc5ncccn5)nc4n3CC3CC3)c(C)n12. The average molecular weight is 649 g/mol. The highest BCUT2D eigenvalue weighted by Gasteiger charge is 2.47. The predicted octanol–water partition coefficient (Wildman–Crippen LogP) is 4.13. The lowest BCUT2D eigenvalue weighted by Gasteiger charge is -2.23. The number of aryl methyl sites for hydroxylation is 1. The molecule has 3 aliphatic rings. The number of nitrogens with one attached hydrogen (secondary N) is 2. The van der Waals surface area contributed by atoms with Gasteiger partial charge in [-0.15, -0.1) is 0 Å². The number of pyridine rings is 2. The van der Waals surface area contributed by atoms with Crippen LogP contribution in [-0.4, -0.2) is 71.0 Å². The number of amides is 3. The Morgan fingerprint density at radius 1 is 1.08 bits per heavy atom. The first-order valence-electron chi connectivity index (χ1n) is 16.7. The molecule has 2 saturated heterocycles. The fourth-order valence-electron chi connectivity index (χ4n) is 7.52. The Morgan fingerprint density at radius 3 is 2.60 bits per heavy atom. The van der Waals surface area contributed by atoms with Crippen molar-refractivity contribution in [2.45, 2.75) is 83.2 Å². The topological polar surface area (TPSA) is 158 Å². The highest BCUT2D eigenvalue weighted by Crippen LogP contribution is 2.40. The molecule has 8 rings (SSSR count). The van der Waals surface area contributed by atoms with Crippen molar-refractivity contribution in [2.75, 3.05) is 7.11 Å². The van der Waals surface area contributed by atoms with Gasteiger partial charge in [-0.25, -0.2) is 24.7 Å². The number of nitrogens with zero attached hydrogens (tertiary/aromatic N) is 7. The molecule has 3 fully saturated rings. The number of fused-ring (bicyclic) bond motifs is 4. The molecule has 0 unspecified atom stereocenters. The predicted molar refractivity (Wildman–Crippen MR) is 179 cm³/mol. The van der Waals surface area contributed by atoms with Crippen LogP contribution in [0.1, 0.15) is 72.6 Å². The van der Waals surface area contributed by atoms with E-state index in [-0.39, 0.29) is 42.7 Å². The van der Waals surface area contributed by atoms with Crippen LogP contribution in [0.5, 0.6) is 5.88 Å². The van der Waals surface area contributed by atoms with Crippen molar-refractivity contribution in [3.63, 3.8) is 0 Å². The molecule has 0 radical (unpaired) electrons. The molecule has 13 heteroatoms. The van der Waals surface area contributed by atoms with Gasteiger partial charge in [0.2, 0.25) is 0 Å². The highest BCUT2D eigenvalue weighted by molar-refractivity contribution is 5.97. The number of ether oxygens (including phenoxy) is 1. The van der Waals surface area contributed by atoms with Gasteiger partial charge in [0.15, 0.2) is 5.88 Å². The van der Waals surface area contributed by atoms with Crippen LogP contribution in [0.2, 0.25) is 0 Å². The van der Waals surface area contributed by atoms with Crippen LogP contribution in [0.4, 0.5) is 4.79 Å². The second-order valence-corrected chi connectivity index (χ2v) is 13.4. The van der Waals surface area contributed by atoms with E-state index in [1.807, 2.05) is 41.3 Å². The normalized spacial score (nSPS) is 20.8. The summed E-state index contributed by atoms with van der Waals surface area (Å²) in [4.78, 5) is 47.0. The molecule has 5 aromatic heterocycles. The molecule has 3 amide bonds. The van der Waals surface area contributed by atoms with Crippen LogP contribution < -0.4 is 21.1 Å². The van der Waals surface area contributed by atoms with Gasteiger partial charge in [0.1, 0.15) is 22.8 Å². The van der Waals surface area contributed by atoms with Crippen LogP contribution in [0, 0.1) is 12.8 Å². The maximum Gasteiger partial charge on any atom is 0.315 e. The van der Waals surface area contributed by atoms with E-state index in [1.165, 1.54) is 12.8 Å². The lowest BCUT2D eigenvalue weighted by atomic mass is 9.97. The van der Waals surface area contributed by atoms with E-state index in [0.29, 0.717) is 28.8 Å². The number of carbonyl (C=O) groups is 2. The number of imidazole rings is 1. The van der Waals surface area contributed by atoms with Crippen molar-refractivity contribution in [2.24, 2.45) is 11.7 Å². The first kappa shape index (κ1) is 30.3. The van der Waals surface area contributed by atoms with Gasteiger partial charge in [0.05, 0.1) is 36.8 Å². The molecule has 4 atom stereocenters. The Labute approximate surface area is 277 Å². The largest absolute Gasteiger partial charge is 0.482 e. The number of hydrogen-bond acceptors (Lipinski definition) is 8. The molecule has 0 aromatic carbocycles. The number of aromatic nitrogens is 6. The molecule has 13 nitrogen and oxygen atoms in total. The Bertz CT molecular complexity index is 2030. The quantitative estimate of drug-likeness (QED) is 0.215. The fraction of sp³-hybridized carbons (Fsp3) is 0.429. The van der Waals surface area contributed by atoms with Gasteiger partial charge < -0.3 is 30.6 Å². The summed E-state index contributed by atoms with van der Waals surface area (Å²) in [5.74, 6) is 1.66. The first-order chi connectivity index (χ1) is 23.3. The van der Waals surface area contributed by atoms with Gasteiger partial charge in [-0.2, -0.15) is 0 Å². The van der Waals surface area contributed by atoms with Gasteiger partial charge in [0.25, 0.3) is 5.91 Å². The summed E-state index contributed by atoms with van der Waals surface area (Å²) in [6, 6.07) is 11.2. The van der Waals surface area contributed by atoms with Crippen molar-refractivity contribution in [3.05, 3.63) is 71.6 Å². The number of urea groups is 1. The molecular formula is C35H40N10O3. The summed E-state index contributed by atoms with van der Waals surface area (Å²) >= 11 is 0. The number of hydrogen-bond donors (Lipinski definition) is 3. The molecule has 48 heavy (non-hydrogen) atoms. The van der Waals surface area contributed by atoms with Crippen molar-refractivity contribution in [1.82, 2.24) is 44.4 Å². The molecule has 7 heterocycles. The third kappa shape index (κ3) is 5.31. The number of rotatable bonds is 9. The molecule has 1 saturated carbocycles. The van der Waals surface area contributed by atoms with Gasteiger partial charge in [-0.1, -0.05) is 0 Å². The van der Waals surface area contributed by atoms with Crippen LogP contribution >= 0.6 is 0 Å². The monoisotopic (exact) mass is 648 g/mol. The van der Waals surface area contributed by atoms with Gasteiger partial charge >= 0.3 is 6.03 Å². The van der Waals surface area contributed by atoms with Crippen molar-refractivity contribution in [1.29, 1.82) is 0 Å². The molecule has 0 spiro atoms. The minimum atomic E-state index is -0.337. The van der Waals surface area contributed by atoms with Crippen LogP contribution in [0.3, 0.4) is 0 Å². The summed E-state index contributed by atoms with van der Waals surface area (Å²) in [6.07, 6.45) is 8.45. The second-order valence-electron chi connectivity index (χ2n) is 13.4. The van der Waals surface area contributed by atoms with E-state index in [9.17, 15) is 9.59 Å². The number of carbonyl (C=O) groups excluding carboxylic acids is 2. The molecule has 2 bridgehead atoms. The summed E-state index contributed by atoms with van der Waals surface area (Å²) in [6.45, 7) is 5.00. The Kier molecular flexibility index (Phi) is 7.50. The molecule has 2 aliphatic heterocycles. The van der Waals surface area contributed by atoms with Gasteiger partial charge in [-0.3, -0.25) is 9.20 Å². The third-order valence-electron chi connectivity index (χ3n) is 10.2. The summed E-state index contributed by atoms with van der Waals surface area (Å²) < 4.78 is 10.1. The molecule has 1 aliphatic carbocycles. The van der Waals surface area contributed by atoms with Crippen LogP contribution in [0.15, 0.2) is 48.8 Å². The number of nitrogens with two attached hydrogens (primary N) is 1. The molecular weight excluding hydrogens is 608 g/mol. The highest BCUT2D eigenvalue weighted by atomic mass is 16.5. The fourth-order valence-corrected chi connectivity index (χ4v) is 7.52.